The van der Waals surface area contributed by atoms with Crippen molar-refractivity contribution < 1.29 is 0 Å². The second-order valence-electron chi connectivity index (χ2n) is 25.3. The third kappa shape index (κ3) is 7.20. The van der Waals surface area contributed by atoms with Crippen LogP contribution in [-0.2, 0) is 10.8 Å². The van der Waals surface area contributed by atoms with Gasteiger partial charge in [0.25, 0.3) is 0 Å². The molecule has 13 aromatic carbocycles. The summed E-state index contributed by atoms with van der Waals surface area (Å²) in [6.07, 6.45) is 0. The Labute approximate surface area is 510 Å². The molecule has 0 atom stereocenters. The minimum Gasteiger partial charge on any atom is -0.354 e. The maximum Gasteiger partial charge on any atom is 0.0588 e. The zero-order valence-electron chi connectivity index (χ0n) is 49.5. The summed E-state index contributed by atoms with van der Waals surface area (Å²) in [6, 6.07) is 105. The Kier molecular flexibility index (Phi) is 10.8. The fraction of sp³-hybridized carbons (Fsp3) is 0.0714. The maximum atomic E-state index is 3.82. The van der Waals surface area contributed by atoms with Crippen molar-refractivity contribution in [1.29, 1.82) is 0 Å². The smallest absolute Gasteiger partial charge is 0.0588 e. The highest BCUT2D eigenvalue weighted by molar-refractivity contribution is 6.17. The normalized spacial score (nSPS) is 13.6. The van der Waals surface area contributed by atoms with Gasteiger partial charge in [-0.25, -0.2) is 0 Å². The molecule has 4 heterocycles. The maximum absolute atomic E-state index is 3.82. The van der Waals surface area contributed by atoms with E-state index in [2.05, 4.69) is 331 Å². The summed E-state index contributed by atoms with van der Waals surface area (Å²) in [5.74, 6) is 0. The number of hydrogen-bond donors (Lipinski definition) is 1. The lowest BCUT2D eigenvalue weighted by molar-refractivity contribution is 0.664. The average Bonchev–Trinajstić information content (AvgIpc) is 1.64. The van der Waals surface area contributed by atoms with Crippen LogP contribution in [0, 0.1) is 0 Å². The van der Waals surface area contributed by atoms with E-state index in [1.807, 2.05) is 0 Å². The first-order chi connectivity index (χ1) is 43.2. The molecule has 4 aromatic heterocycles. The lowest BCUT2D eigenvalue weighted by atomic mass is 9.81. The molecule has 0 saturated carbocycles. The van der Waals surface area contributed by atoms with Gasteiger partial charge in [0.05, 0.1) is 38.6 Å². The lowest BCUT2D eigenvalue weighted by Crippen LogP contribution is -2.16. The van der Waals surface area contributed by atoms with Crippen LogP contribution in [-0.4, -0.2) is 18.7 Å². The first kappa shape index (κ1) is 50.4. The Morgan fingerprint density at radius 3 is 1.16 bits per heavy atom. The van der Waals surface area contributed by atoms with Gasteiger partial charge >= 0.3 is 0 Å². The van der Waals surface area contributed by atoms with Gasteiger partial charge in [-0.05, 0) is 164 Å². The highest BCUT2D eigenvalue weighted by atomic mass is 15.0. The summed E-state index contributed by atoms with van der Waals surface area (Å²) < 4.78 is 7.25. The molecule has 0 spiro atoms. The molecule has 2 aliphatic carbocycles. The molecule has 416 valence electrons. The Hall–Kier alpha value is -10.9. The molecule has 4 nitrogen and oxygen atoms in total. The number of nitrogens with zero attached hydrogens (tertiary/aromatic N) is 3. The van der Waals surface area contributed by atoms with E-state index in [0.717, 1.165) is 0 Å². The molecule has 19 rings (SSSR count). The van der Waals surface area contributed by atoms with Crippen molar-refractivity contribution in [2.75, 3.05) is 0 Å². The van der Waals surface area contributed by atoms with E-state index in [1.165, 1.54) is 171 Å². The summed E-state index contributed by atoms with van der Waals surface area (Å²) in [5, 5.41) is 10.2. The molecular weight excluding hydrogens is 1060 g/mol. The standard InChI is InChI=1S/C45H32N2.C39H28N2/c1-45(2)39-19-11-9-17-33(39)35-23-24-36-38-28-30(22-26-42(38)47(44(36)43(35)45)32-15-7-4-8-16-32)29-21-25-41-37(27-29)34-18-10-12-20-40(34)46(41)31-13-5-3-6-14-31;1-39(2)33-14-8-6-12-27(33)29-18-19-30-31-22-24(16-20-34(31)40-38(30)37(29)39)25-17-21-36-32(23-25)28-13-7-9-15-35(28)41(36)26-10-4-3-5-11-26/h3-28H,1-2H3;3-23,40H,1-2H3. The molecule has 1 N–H and O–H groups in total. The first-order valence-electron chi connectivity index (χ1n) is 30.8. The summed E-state index contributed by atoms with van der Waals surface area (Å²) in [5.41, 5.74) is 29.2. The number of rotatable bonds is 5. The number of H-pyrrole nitrogens is 1. The van der Waals surface area contributed by atoms with Gasteiger partial charge in [0.2, 0.25) is 0 Å². The number of aromatic amines is 1. The first-order valence-corrected chi connectivity index (χ1v) is 30.8. The number of benzene rings is 13. The van der Waals surface area contributed by atoms with E-state index in [1.54, 1.807) is 0 Å². The molecule has 0 aliphatic heterocycles. The van der Waals surface area contributed by atoms with Crippen molar-refractivity contribution in [3.8, 4) is 61.6 Å². The SMILES string of the molecule is CC1(C)c2ccccc2-c2ccc3c([nH]c4ccc(-c5ccc6c(c5)c5ccccc5n6-c5ccccc5)cc43)c21.CC1(C)c2ccccc2-c2ccc3c4cc(-c5ccc6c(c5)c5ccccc5n6-c5ccccc5)ccc4n(-c4ccccc4)c3c21. The van der Waals surface area contributed by atoms with Crippen molar-refractivity contribution in [2.24, 2.45) is 0 Å². The van der Waals surface area contributed by atoms with E-state index < -0.39 is 0 Å². The Bertz CT molecular complexity index is 5730. The van der Waals surface area contributed by atoms with Crippen LogP contribution in [0.1, 0.15) is 49.9 Å². The second-order valence-corrected chi connectivity index (χ2v) is 25.3. The van der Waals surface area contributed by atoms with E-state index in [9.17, 15) is 0 Å². The zero-order valence-corrected chi connectivity index (χ0v) is 49.5. The number of aromatic nitrogens is 4. The molecule has 0 amide bonds. The predicted octanol–water partition coefficient (Wildman–Crippen LogP) is 22.2. The summed E-state index contributed by atoms with van der Waals surface area (Å²) in [6.45, 7) is 9.48. The average molecular weight is 1130 g/mol. The number of nitrogens with one attached hydrogen (secondary N) is 1. The van der Waals surface area contributed by atoms with Crippen molar-refractivity contribution in [3.05, 3.63) is 307 Å². The van der Waals surface area contributed by atoms with E-state index in [-0.39, 0.29) is 10.8 Å². The van der Waals surface area contributed by atoms with E-state index in [0.29, 0.717) is 0 Å². The highest BCUT2D eigenvalue weighted by Crippen LogP contribution is 2.55. The summed E-state index contributed by atoms with van der Waals surface area (Å²) in [7, 11) is 0. The van der Waals surface area contributed by atoms with Gasteiger partial charge in [-0.3, -0.25) is 0 Å². The van der Waals surface area contributed by atoms with Gasteiger partial charge in [-0.2, -0.15) is 0 Å². The largest absolute Gasteiger partial charge is 0.354 e. The molecule has 0 radical (unpaired) electrons. The lowest BCUT2D eigenvalue weighted by Gasteiger charge is -2.23. The highest BCUT2D eigenvalue weighted by Gasteiger charge is 2.39. The Morgan fingerprint density at radius 2 is 0.636 bits per heavy atom. The topological polar surface area (TPSA) is 30.6 Å². The van der Waals surface area contributed by atoms with Crippen molar-refractivity contribution in [1.82, 2.24) is 18.7 Å². The second kappa shape index (κ2) is 18.8. The van der Waals surface area contributed by atoms with E-state index in [4.69, 9.17) is 0 Å². The van der Waals surface area contributed by atoms with Crippen molar-refractivity contribution in [2.45, 2.75) is 38.5 Å². The van der Waals surface area contributed by atoms with E-state index >= 15 is 0 Å². The summed E-state index contributed by atoms with van der Waals surface area (Å²) >= 11 is 0. The predicted molar refractivity (Wildman–Crippen MR) is 371 cm³/mol. The number of para-hydroxylation sites is 5. The third-order valence-corrected chi connectivity index (χ3v) is 19.8. The fourth-order valence-corrected chi connectivity index (χ4v) is 15.8. The molecule has 0 bridgehead atoms. The minimum absolute atomic E-state index is 0.0485. The molecule has 4 heteroatoms. The fourth-order valence-electron chi connectivity index (χ4n) is 15.8. The van der Waals surface area contributed by atoms with Gasteiger partial charge < -0.3 is 18.7 Å². The van der Waals surface area contributed by atoms with Gasteiger partial charge in [0.1, 0.15) is 0 Å². The van der Waals surface area contributed by atoms with Crippen LogP contribution in [0.2, 0.25) is 0 Å². The Morgan fingerprint density at radius 1 is 0.261 bits per heavy atom. The zero-order chi connectivity index (χ0) is 58.6. The Balaban J connectivity index is 0.000000133. The van der Waals surface area contributed by atoms with Crippen LogP contribution in [0.5, 0.6) is 0 Å². The van der Waals surface area contributed by atoms with Crippen LogP contribution < -0.4 is 0 Å². The quantitative estimate of drug-likeness (QED) is 0.178. The molecule has 88 heavy (non-hydrogen) atoms. The van der Waals surface area contributed by atoms with Crippen LogP contribution in [0.15, 0.2) is 285 Å². The summed E-state index contributed by atoms with van der Waals surface area (Å²) in [4.78, 5) is 3.82. The van der Waals surface area contributed by atoms with Crippen LogP contribution in [0.25, 0.3) is 149 Å². The van der Waals surface area contributed by atoms with Gasteiger partial charge in [-0.1, -0.05) is 216 Å². The number of fused-ring (bicyclic) bond motifs is 20. The molecule has 2 aliphatic rings. The van der Waals surface area contributed by atoms with Gasteiger partial charge in [-0.15, -0.1) is 0 Å². The molecule has 17 aromatic rings. The van der Waals surface area contributed by atoms with Gasteiger partial charge in [0, 0.05) is 76.5 Å². The van der Waals surface area contributed by atoms with Gasteiger partial charge in [0.15, 0.2) is 0 Å². The van der Waals surface area contributed by atoms with Crippen LogP contribution in [0.3, 0.4) is 0 Å². The molecule has 0 fully saturated rings. The van der Waals surface area contributed by atoms with Crippen molar-refractivity contribution in [3.63, 3.8) is 0 Å². The van der Waals surface area contributed by atoms with Crippen molar-refractivity contribution >= 4 is 87.2 Å². The third-order valence-electron chi connectivity index (χ3n) is 19.8. The number of hydrogen-bond acceptors (Lipinski definition) is 0. The van der Waals surface area contributed by atoms with Crippen LogP contribution in [0.4, 0.5) is 0 Å². The molecule has 0 saturated heterocycles. The molecule has 0 unspecified atom stereocenters. The minimum atomic E-state index is -0.118. The van der Waals surface area contributed by atoms with Crippen LogP contribution >= 0.6 is 0 Å². The monoisotopic (exact) mass is 1120 g/mol. The molecular formula is C84H60N4.